The number of benzene rings is 2. The van der Waals surface area contributed by atoms with Gasteiger partial charge < -0.3 is 15.2 Å². The van der Waals surface area contributed by atoms with Gasteiger partial charge >= 0.3 is 6.36 Å². The van der Waals surface area contributed by atoms with Gasteiger partial charge in [-0.25, -0.2) is 0 Å². The van der Waals surface area contributed by atoms with Crippen LogP contribution in [0.5, 0.6) is 11.5 Å². The summed E-state index contributed by atoms with van der Waals surface area (Å²) in [5, 5.41) is 12.9. The minimum Gasteiger partial charge on any atom is -0.508 e. The number of halogens is 3. The average molecular weight is 406 g/mol. The highest BCUT2D eigenvalue weighted by Gasteiger charge is 2.31. The van der Waals surface area contributed by atoms with Crippen LogP contribution in [0, 0.1) is 6.92 Å². The van der Waals surface area contributed by atoms with Gasteiger partial charge in [0, 0.05) is 23.7 Å². The molecule has 2 N–H and O–H groups in total. The predicted octanol–water partition coefficient (Wildman–Crippen LogP) is 3.53. The van der Waals surface area contributed by atoms with Crippen molar-refractivity contribution in [1.29, 1.82) is 0 Å². The Bertz CT molecular complexity index is 1090. The van der Waals surface area contributed by atoms with Crippen molar-refractivity contribution in [2.75, 3.05) is 7.05 Å². The second-order valence-corrected chi connectivity index (χ2v) is 6.33. The minimum absolute atomic E-state index is 0.000920. The van der Waals surface area contributed by atoms with E-state index in [2.05, 4.69) is 10.1 Å². The SMILES string of the molecule is CNC(=O)Cc1c(C)n(C(=O)c2ccc(OC(F)(F)F)cc2)c2ccc(O)cc12. The summed E-state index contributed by atoms with van der Waals surface area (Å²) in [4.78, 5) is 25.0. The Kier molecular flexibility index (Phi) is 5.23. The van der Waals surface area contributed by atoms with E-state index in [-0.39, 0.29) is 23.6 Å². The number of carbonyl (C=O) groups excluding carboxylic acids is 2. The Morgan fingerprint density at radius 3 is 2.38 bits per heavy atom. The molecule has 0 unspecified atom stereocenters. The van der Waals surface area contributed by atoms with Crippen LogP contribution in [0.4, 0.5) is 13.2 Å². The number of phenolic OH excluding ortho intramolecular Hbond substituents is 1. The number of amides is 1. The minimum atomic E-state index is -4.82. The van der Waals surface area contributed by atoms with Crippen molar-refractivity contribution in [3.8, 4) is 11.5 Å². The first-order valence-electron chi connectivity index (χ1n) is 8.54. The van der Waals surface area contributed by atoms with Crippen molar-refractivity contribution in [1.82, 2.24) is 9.88 Å². The molecule has 0 spiro atoms. The second-order valence-electron chi connectivity index (χ2n) is 6.33. The number of nitrogens with one attached hydrogen (secondary N) is 1. The fourth-order valence-corrected chi connectivity index (χ4v) is 3.13. The van der Waals surface area contributed by atoms with E-state index in [4.69, 9.17) is 0 Å². The molecule has 0 atom stereocenters. The summed E-state index contributed by atoms with van der Waals surface area (Å²) < 4.78 is 42.1. The quantitative estimate of drug-likeness (QED) is 0.695. The third-order valence-corrected chi connectivity index (χ3v) is 4.47. The highest BCUT2D eigenvalue weighted by atomic mass is 19.4. The molecule has 0 bridgehead atoms. The monoisotopic (exact) mass is 406 g/mol. The fourth-order valence-electron chi connectivity index (χ4n) is 3.13. The summed E-state index contributed by atoms with van der Waals surface area (Å²) in [6, 6.07) is 8.99. The van der Waals surface area contributed by atoms with Gasteiger partial charge in [0.1, 0.15) is 11.5 Å². The molecular formula is C20H17F3N2O4. The zero-order valence-corrected chi connectivity index (χ0v) is 15.5. The number of aromatic hydroxyl groups is 1. The molecule has 0 saturated heterocycles. The van der Waals surface area contributed by atoms with Crippen LogP contribution in [0.2, 0.25) is 0 Å². The number of aromatic nitrogens is 1. The number of fused-ring (bicyclic) bond motifs is 1. The van der Waals surface area contributed by atoms with Gasteiger partial charge in [0.25, 0.3) is 5.91 Å². The third kappa shape index (κ3) is 4.18. The van der Waals surface area contributed by atoms with E-state index in [0.29, 0.717) is 22.2 Å². The smallest absolute Gasteiger partial charge is 0.508 e. The van der Waals surface area contributed by atoms with Gasteiger partial charge in [-0.3, -0.25) is 14.2 Å². The zero-order chi connectivity index (χ0) is 21.3. The van der Waals surface area contributed by atoms with Crippen LogP contribution >= 0.6 is 0 Å². The molecule has 3 rings (SSSR count). The van der Waals surface area contributed by atoms with Crippen LogP contribution in [-0.2, 0) is 11.2 Å². The maximum Gasteiger partial charge on any atom is 0.573 e. The van der Waals surface area contributed by atoms with Crippen LogP contribution in [0.3, 0.4) is 0 Å². The van der Waals surface area contributed by atoms with E-state index in [1.807, 2.05) is 0 Å². The molecule has 152 valence electrons. The Morgan fingerprint density at radius 1 is 1.14 bits per heavy atom. The van der Waals surface area contributed by atoms with Gasteiger partial charge in [0.15, 0.2) is 0 Å². The summed E-state index contributed by atoms with van der Waals surface area (Å²) in [5.74, 6) is -1.21. The number of rotatable bonds is 4. The Morgan fingerprint density at radius 2 is 1.79 bits per heavy atom. The maximum atomic E-state index is 13.1. The van der Waals surface area contributed by atoms with Crippen molar-refractivity contribution in [2.45, 2.75) is 19.7 Å². The summed E-state index contributed by atoms with van der Waals surface area (Å²) in [7, 11) is 1.49. The Hall–Kier alpha value is -3.49. The predicted molar refractivity (Wildman–Crippen MR) is 99.0 cm³/mol. The van der Waals surface area contributed by atoms with Crippen molar-refractivity contribution in [3.63, 3.8) is 0 Å². The molecule has 9 heteroatoms. The van der Waals surface area contributed by atoms with E-state index in [9.17, 15) is 27.9 Å². The molecule has 0 fully saturated rings. The van der Waals surface area contributed by atoms with Crippen LogP contribution in [0.25, 0.3) is 10.9 Å². The second kappa shape index (κ2) is 7.50. The lowest BCUT2D eigenvalue weighted by Crippen LogP contribution is -2.21. The largest absolute Gasteiger partial charge is 0.573 e. The number of likely N-dealkylation sites (N-methyl/N-ethyl adjacent to an activating group) is 1. The molecule has 0 aliphatic carbocycles. The highest BCUT2D eigenvalue weighted by Crippen LogP contribution is 2.31. The van der Waals surface area contributed by atoms with Crippen LogP contribution in [0.1, 0.15) is 21.6 Å². The van der Waals surface area contributed by atoms with Crippen LogP contribution in [0.15, 0.2) is 42.5 Å². The molecule has 29 heavy (non-hydrogen) atoms. The standard InChI is InChI=1S/C20H17F3N2O4/c1-11-15(10-18(27)24-2)16-9-13(26)5-8-17(16)25(11)19(28)12-3-6-14(7-4-12)29-20(21,22)23/h3-9,26H,10H2,1-2H3,(H,24,27). The molecule has 0 aliphatic heterocycles. The number of phenols is 1. The first-order chi connectivity index (χ1) is 13.6. The molecule has 2 aromatic carbocycles. The molecule has 0 radical (unpaired) electrons. The average Bonchev–Trinajstić information content (AvgIpc) is 2.91. The Balaban J connectivity index is 2.06. The van der Waals surface area contributed by atoms with Gasteiger partial charge in [-0.15, -0.1) is 13.2 Å². The van der Waals surface area contributed by atoms with E-state index in [1.54, 1.807) is 13.0 Å². The van der Waals surface area contributed by atoms with Gasteiger partial charge in [-0.2, -0.15) is 0 Å². The molecule has 1 heterocycles. The number of ether oxygens (including phenoxy) is 1. The topological polar surface area (TPSA) is 80.6 Å². The molecule has 1 amide bonds. The third-order valence-electron chi connectivity index (χ3n) is 4.47. The maximum absolute atomic E-state index is 13.1. The van der Waals surface area contributed by atoms with E-state index in [1.165, 1.54) is 35.9 Å². The summed E-state index contributed by atoms with van der Waals surface area (Å²) in [6.07, 6.45) is -4.82. The van der Waals surface area contributed by atoms with E-state index >= 15 is 0 Å². The first-order valence-corrected chi connectivity index (χ1v) is 8.54. The van der Waals surface area contributed by atoms with E-state index in [0.717, 1.165) is 12.1 Å². The zero-order valence-electron chi connectivity index (χ0n) is 15.5. The lowest BCUT2D eigenvalue weighted by Gasteiger charge is -2.10. The molecular weight excluding hydrogens is 389 g/mol. The number of carbonyl (C=O) groups is 2. The van der Waals surface area contributed by atoms with Crippen molar-refractivity contribution < 1.29 is 32.6 Å². The number of hydrogen-bond acceptors (Lipinski definition) is 4. The molecule has 0 saturated carbocycles. The molecule has 1 aromatic heterocycles. The summed E-state index contributed by atoms with van der Waals surface area (Å²) in [5.41, 5.74) is 1.68. The van der Waals surface area contributed by atoms with Crippen LogP contribution in [-0.4, -0.2) is 34.9 Å². The number of nitrogens with zero attached hydrogens (tertiary/aromatic N) is 1. The van der Waals surface area contributed by atoms with Gasteiger partial charge in [-0.05, 0) is 55.0 Å². The summed E-state index contributed by atoms with van der Waals surface area (Å²) in [6.45, 7) is 1.66. The van der Waals surface area contributed by atoms with Crippen molar-refractivity contribution in [2.24, 2.45) is 0 Å². The first kappa shape index (κ1) is 20.2. The lowest BCUT2D eigenvalue weighted by atomic mass is 10.1. The van der Waals surface area contributed by atoms with Gasteiger partial charge in [0.05, 0.1) is 11.9 Å². The molecule has 6 nitrogen and oxygen atoms in total. The van der Waals surface area contributed by atoms with Gasteiger partial charge in [0.2, 0.25) is 5.91 Å². The van der Waals surface area contributed by atoms with Crippen molar-refractivity contribution >= 4 is 22.7 Å². The Labute approximate surface area is 163 Å². The fraction of sp³-hybridized carbons (Fsp3) is 0.200. The van der Waals surface area contributed by atoms with E-state index < -0.39 is 18.0 Å². The number of alkyl halides is 3. The normalized spacial score (nSPS) is 11.5. The van der Waals surface area contributed by atoms with Crippen molar-refractivity contribution in [3.05, 3.63) is 59.3 Å². The lowest BCUT2D eigenvalue weighted by molar-refractivity contribution is -0.274. The molecule has 0 aliphatic rings. The molecule has 3 aromatic rings. The highest BCUT2D eigenvalue weighted by molar-refractivity contribution is 6.05. The van der Waals surface area contributed by atoms with Crippen LogP contribution < -0.4 is 10.1 Å². The van der Waals surface area contributed by atoms with Gasteiger partial charge in [-0.1, -0.05) is 0 Å². The summed E-state index contributed by atoms with van der Waals surface area (Å²) >= 11 is 0. The number of hydrogen-bond donors (Lipinski definition) is 2.